The summed E-state index contributed by atoms with van der Waals surface area (Å²) < 4.78 is 34.8. The van der Waals surface area contributed by atoms with Crippen LogP contribution >= 0.6 is 0 Å². The molecule has 0 bridgehead atoms. The highest BCUT2D eigenvalue weighted by Gasteiger charge is 2.34. The molecule has 9 nitrogen and oxygen atoms in total. The van der Waals surface area contributed by atoms with Crippen LogP contribution in [0.15, 0.2) is 64.4 Å². The topological polar surface area (TPSA) is 103 Å². The van der Waals surface area contributed by atoms with Crippen LogP contribution in [0.1, 0.15) is 43.1 Å². The molecule has 0 atom stereocenters. The van der Waals surface area contributed by atoms with Gasteiger partial charge in [-0.15, -0.1) is 0 Å². The predicted molar refractivity (Wildman–Crippen MR) is 141 cm³/mol. The number of likely N-dealkylation sites (tertiary alicyclic amines) is 1. The average molecular weight is 523 g/mol. The third kappa shape index (κ3) is 4.50. The smallest absolute Gasteiger partial charge is 0.270 e. The lowest BCUT2D eigenvalue weighted by Gasteiger charge is -2.32. The van der Waals surface area contributed by atoms with Crippen LogP contribution in [-0.4, -0.2) is 58.6 Å². The maximum Gasteiger partial charge on any atom is 0.270 e. The summed E-state index contributed by atoms with van der Waals surface area (Å²) in [4.78, 5) is 33.5. The first-order valence-corrected chi connectivity index (χ1v) is 14.1. The maximum atomic E-state index is 13.7. The van der Waals surface area contributed by atoms with Crippen molar-refractivity contribution in [3.05, 3.63) is 70.8 Å². The zero-order valence-corrected chi connectivity index (χ0v) is 21.8. The van der Waals surface area contributed by atoms with Crippen molar-refractivity contribution < 1.29 is 17.9 Å². The van der Waals surface area contributed by atoms with Gasteiger partial charge in [-0.05, 0) is 61.7 Å². The highest BCUT2D eigenvalue weighted by atomic mass is 32.2. The minimum Gasteiger partial charge on any atom is -0.497 e. The van der Waals surface area contributed by atoms with Gasteiger partial charge in [0.15, 0.2) is 9.84 Å². The molecule has 0 unspecified atom stereocenters. The molecule has 4 aromatic rings. The summed E-state index contributed by atoms with van der Waals surface area (Å²) in [5.41, 5.74) is 1.24. The molecule has 1 aliphatic rings. The van der Waals surface area contributed by atoms with Gasteiger partial charge in [0.1, 0.15) is 22.7 Å². The lowest BCUT2D eigenvalue weighted by atomic mass is 10.1. The number of methoxy groups -OCH3 is 1. The molecule has 0 radical (unpaired) electrons. The van der Waals surface area contributed by atoms with E-state index in [1.54, 1.807) is 53.6 Å². The summed E-state index contributed by atoms with van der Waals surface area (Å²) in [5, 5.41) is -0.160. The van der Waals surface area contributed by atoms with E-state index < -0.39 is 15.1 Å². The number of piperidine rings is 1. The molecular weight excluding hydrogens is 492 g/mol. The van der Waals surface area contributed by atoms with Gasteiger partial charge in [-0.2, -0.15) is 0 Å². The van der Waals surface area contributed by atoms with Gasteiger partial charge in [-0.1, -0.05) is 19.4 Å². The Hall–Kier alpha value is -3.66. The zero-order valence-electron chi connectivity index (χ0n) is 21.0. The number of carbonyl (C=O) groups is 1. The van der Waals surface area contributed by atoms with Crippen molar-refractivity contribution in [1.82, 2.24) is 18.9 Å². The second-order valence-electron chi connectivity index (χ2n) is 9.33. The van der Waals surface area contributed by atoms with Gasteiger partial charge in [0, 0.05) is 25.8 Å². The number of amides is 1. The van der Waals surface area contributed by atoms with Crippen molar-refractivity contribution in [3.8, 4) is 5.75 Å². The summed E-state index contributed by atoms with van der Waals surface area (Å²) in [6.45, 7) is 3.28. The van der Waals surface area contributed by atoms with Crippen LogP contribution < -0.4 is 10.3 Å². The number of fused-ring (bicyclic) bond motifs is 2. The number of aryl methyl sites for hydroxylation is 1. The van der Waals surface area contributed by atoms with E-state index in [1.165, 1.54) is 11.5 Å². The normalized spacial score (nSPS) is 14.9. The predicted octanol–water partition coefficient (Wildman–Crippen LogP) is 3.54. The van der Waals surface area contributed by atoms with E-state index in [2.05, 4.69) is 6.92 Å². The van der Waals surface area contributed by atoms with Crippen LogP contribution in [0.4, 0.5) is 0 Å². The van der Waals surface area contributed by atoms with Crippen molar-refractivity contribution in [1.29, 1.82) is 0 Å². The molecule has 5 rings (SSSR count). The Morgan fingerprint density at radius 3 is 2.51 bits per heavy atom. The van der Waals surface area contributed by atoms with Gasteiger partial charge in [0.25, 0.3) is 11.5 Å². The second kappa shape index (κ2) is 10.0. The number of rotatable bonds is 7. The molecule has 10 heteroatoms. The Labute approximate surface area is 215 Å². The minimum atomic E-state index is -3.52. The van der Waals surface area contributed by atoms with Crippen molar-refractivity contribution in [2.45, 2.75) is 49.3 Å². The highest BCUT2D eigenvalue weighted by molar-refractivity contribution is 7.92. The van der Waals surface area contributed by atoms with E-state index in [0.29, 0.717) is 60.6 Å². The number of nitrogens with zero attached hydrogens (tertiary/aromatic N) is 4. The van der Waals surface area contributed by atoms with Crippen molar-refractivity contribution >= 4 is 32.4 Å². The Morgan fingerprint density at radius 2 is 1.84 bits per heavy atom. The summed E-state index contributed by atoms with van der Waals surface area (Å²) in [6, 6.07) is 13.4. The van der Waals surface area contributed by atoms with Gasteiger partial charge in [-0.25, -0.2) is 13.4 Å². The number of unbranched alkanes of at least 4 members (excludes halogenated alkanes) is 1. The minimum absolute atomic E-state index is 0.206. The molecule has 3 aromatic heterocycles. The van der Waals surface area contributed by atoms with Crippen molar-refractivity contribution in [2.24, 2.45) is 0 Å². The van der Waals surface area contributed by atoms with E-state index in [9.17, 15) is 18.0 Å². The van der Waals surface area contributed by atoms with Crippen LogP contribution in [0.2, 0.25) is 0 Å². The molecule has 1 aromatic carbocycles. The third-order valence-electron chi connectivity index (χ3n) is 7.09. The number of aromatic nitrogens is 3. The molecule has 1 saturated heterocycles. The van der Waals surface area contributed by atoms with Crippen molar-refractivity contribution in [3.63, 3.8) is 0 Å². The Kier molecular flexibility index (Phi) is 6.76. The first-order chi connectivity index (χ1) is 17.8. The zero-order chi connectivity index (χ0) is 26.2. The molecule has 0 spiro atoms. The van der Waals surface area contributed by atoms with Crippen molar-refractivity contribution in [2.75, 3.05) is 20.2 Å². The number of sulfone groups is 1. The standard InChI is InChI=1S/C27H30N4O5S/c1-3-4-14-30-23(18-22-25(30)28-24-7-5-6-15-31(24)26(22)32)27(33)29-16-12-21(13-17-29)37(34,35)20-10-8-19(36-2)9-11-20/h5-11,15,18,21H,3-4,12-14,16-17H2,1-2H3. The first kappa shape index (κ1) is 25.0. The summed E-state index contributed by atoms with van der Waals surface area (Å²) >= 11 is 0. The largest absolute Gasteiger partial charge is 0.497 e. The molecule has 0 N–H and O–H groups in total. The lowest BCUT2D eigenvalue weighted by molar-refractivity contribution is 0.0715. The number of benzene rings is 1. The number of hydrogen-bond donors (Lipinski definition) is 0. The number of pyridine rings is 1. The quantitative estimate of drug-likeness (QED) is 0.368. The number of carbonyl (C=O) groups excluding carboxylic acids is 1. The summed E-state index contributed by atoms with van der Waals surface area (Å²) in [7, 11) is -1.99. The van der Waals surface area contributed by atoms with E-state index in [0.717, 1.165) is 12.8 Å². The van der Waals surface area contributed by atoms with E-state index in [1.807, 2.05) is 10.6 Å². The van der Waals surface area contributed by atoms with E-state index in [4.69, 9.17) is 9.72 Å². The first-order valence-electron chi connectivity index (χ1n) is 12.5. The van der Waals surface area contributed by atoms with Crippen LogP contribution in [0, 0.1) is 0 Å². The van der Waals surface area contributed by atoms with Gasteiger partial charge in [0.05, 0.1) is 22.6 Å². The second-order valence-corrected chi connectivity index (χ2v) is 11.6. The van der Waals surface area contributed by atoms with Crippen LogP contribution in [-0.2, 0) is 16.4 Å². The van der Waals surface area contributed by atoms with E-state index >= 15 is 0 Å². The molecule has 37 heavy (non-hydrogen) atoms. The molecule has 1 amide bonds. The molecular formula is C27H30N4O5S. The summed E-state index contributed by atoms with van der Waals surface area (Å²) in [5.74, 6) is 0.391. The Bertz CT molecular complexity index is 1610. The molecule has 4 heterocycles. The Balaban J connectivity index is 1.42. The Morgan fingerprint density at radius 1 is 1.11 bits per heavy atom. The van der Waals surface area contributed by atoms with Gasteiger partial charge in [0.2, 0.25) is 0 Å². The van der Waals surface area contributed by atoms with Crippen LogP contribution in [0.3, 0.4) is 0 Å². The molecule has 1 aliphatic heterocycles. The monoisotopic (exact) mass is 522 g/mol. The number of ether oxygens (including phenoxy) is 1. The van der Waals surface area contributed by atoms with Gasteiger partial charge < -0.3 is 14.2 Å². The van der Waals surface area contributed by atoms with Crippen LogP contribution in [0.5, 0.6) is 5.75 Å². The number of hydrogen-bond acceptors (Lipinski definition) is 6. The van der Waals surface area contributed by atoms with Gasteiger partial charge >= 0.3 is 0 Å². The maximum absolute atomic E-state index is 13.7. The SMILES string of the molecule is CCCCn1c(C(=O)N2CCC(S(=O)(=O)c3ccc(OC)cc3)CC2)cc2c(=O)n3ccccc3nc21. The average Bonchev–Trinajstić information content (AvgIpc) is 3.30. The van der Waals surface area contributed by atoms with Crippen LogP contribution in [0.25, 0.3) is 16.7 Å². The fourth-order valence-corrected chi connectivity index (χ4v) is 6.69. The third-order valence-corrected chi connectivity index (χ3v) is 9.37. The molecule has 0 aliphatic carbocycles. The molecule has 0 saturated carbocycles. The fraction of sp³-hybridized carbons (Fsp3) is 0.370. The van der Waals surface area contributed by atoms with Gasteiger partial charge in [-0.3, -0.25) is 14.0 Å². The summed E-state index contributed by atoms with van der Waals surface area (Å²) in [6.07, 6.45) is 4.12. The molecule has 194 valence electrons. The van der Waals surface area contributed by atoms with E-state index in [-0.39, 0.29) is 16.4 Å². The molecule has 1 fully saturated rings. The fourth-order valence-electron chi connectivity index (χ4n) is 4.96. The lowest BCUT2D eigenvalue weighted by Crippen LogP contribution is -2.43. The highest BCUT2D eigenvalue weighted by Crippen LogP contribution is 2.27.